The summed E-state index contributed by atoms with van der Waals surface area (Å²) in [5.74, 6) is 0.782. The van der Waals surface area contributed by atoms with Gasteiger partial charge in [-0.3, -0.25) is 9.79 Å². The number of hydrogen-bond donors (Lipinski definition) is 1. The molecule has 0 atom stereocenters. The van der Waals surface area contributed by atoms with Gasteiger partial charge in [0, 0.05) is 16.9 Å². The maximum absolute atomic E-state index is 11.5. The first-order chi connectivity index (χ1) is 8.24. The molecule has 0 bridgehead atoms. The van der Waals surface area contributed by atoms with Crippen molar-refractivity contribution in [2.24, 2.45) is 4.99 Å². The first-order valence-electron chi connectivity index (χ1n) is 5.16. The molecule has 3 nitrogen and oxygen atoms in total. The molecule has 1 aromatic carbocycles. The van der Waals surface area contributed by atoms with E-state index in [9.17, 15) is 4.79 Å². The van der Waals surface area contributed by atoms with Gasteiger partial charge in [0.2, 0.25) is 5.91 Å². The molecule has 1 aliphatic rings. The van der Waals surface area contributed by atoms with E-state index in [-0.39, 0.29) is 5.91 Å². The molecule has 2 rings (SSSR count). The third-order valence-electron chi connectivity index (χ3n) is 2.11. The number of amides is 1. The van der Waals surface area contributed by atoms with Crippen molar-refractivity contribution >= 4 is 40.5 Å². The quantitative estimate of drug-likeness (QED) is 0.836. The Labute approximate surface area is 109 Å². The lowest BCUT2D eigenvalue weighted by atomic mass is 10.2. The number of carbonyl (C=O) groups is 1. The fourth-order valence-corrected chi connectivity index (χ4v) is 2.16. The molecule has 0 saturated carbocycles. The second-order valence-corrected chi connectivity index (χ2v) is 4.93. The van der Waals surface area contributed by atoms with E-state index in [1.807, 2.05) is 12.1 Å². The Morgan fingerprint density at radius 1 is 1.41 bits per heavy atom. The van der Waals surface area contributed by atoms with Gasteiger partial charge in [0.1, 0.15) is 0 Å². The van der Waals surface area contributed by atoms with Gasteiger partial charge in [-0.15, -0.1) is 0 Å². The van der Waals surface area contributed by atoms with Gasteiger partial charge in [0.05, 0.1) is 6.54 Å². The molecule has 0 fully saturated rings. The second-order valence-electron chi connectivity index (χ2n) is 3.41. The smallest absolute Gasteiger partial charge is 0.249 e. The summed E-state index contributed by atoms with van der Waals surface area (Å²) in [4.78, 5) is 15.7. The van der Waals surface area contributed by atoms with Crippen LogP contribution in [0.4, 0.5) is 0 Å². The molecule has 0 radical (unpaired) electrons. The monoisotopic (exact) mass is 266 g/mol. The molecule has 0 spiro atoms. The van der Waals surface area contributed by atoms with Crippen LogP contribution in [-0.4, -0.2) is 23.4 Å². The predicted molar refractivity (Wildman–Crippen MR) is 73.4 cm³/mol. The lowest BCUT2D eigenvalue weighted by molar-refractivity contribution is -0.115. The van der Waals surface area contributed by atoms with Crippen LogP contribution in [-0.2, 0) is 4.79 Å². The van der Waals surface area contributed by atoms with E-state index >= 15 is 0 Å². The van der Waals surface area contributed by atoms with Crippen molar-refractivity contribution in [3.8, 4) is 0 Å². The molecule has 1 N–H and O–H groups in total. The van der Waals surface area contributed by atoms with E-state index in [1.165, 1.54) is 6.08 Å². The van der Waals surface area contributed by atoms with E-state index in [0.29, 0.717) is 10.2 Å². The minimum Gasteiger partial charge on any atom is -0.302 e. The van der Waals surface area contributed by atoms with Crippen molar-refractivity contribution in [3.05, 3.63) is 40.9 Å². The normalized spacial score (nSPS) is 15.0. The molecule has 0 aromatic heterocycles. The van der Waals surface area contributed by atoms with Gasteiger partial charge in [-0.05, 0) is 23.8 Å². The fraction of sp³-hybridized carbons (Fsp3) is 0.167. The zero-order valence-electron chi connectivity index (χ0n) is 9.02. The van der Waals surface area contributed by atoms with E-state index in [0.717, 1.165) is 17.9 Å². The van der Waals surface area contributed by atoms with Crippen LogP contribution in [0.2, 0.25) is 5.02 Å². The summed E-state index contributed by atoms with van der Waals surface area (Å²) < 4.78 is 0. The summed E-state index contributed by atoms with van der Waals surface area (Å²) in [5, 5.41) is 4.11. The average Bonchev–Trinajstić information content (AvgIpc) is 2.81. The number of thioether (sulfide) groups is 1. The number of halogens is 1. The number of amidine groups is 1. The summed E-state index contributed by atoms with van der Waals surface area (Å²) in [6.45, 7) is 0.779. The number of aliphatic imine (C=N–C) groups is 1. The van der Waals surface area contributed by atoms with Crippen LogP contribution in [0.1, 0.15) is 5.56 Å². The molecule has 5 heteroatoms. The summed E-state index contributed by atoms with van der Waals surface area (Å²) in [5.41, 5.74) is 0.936. The van der Waals surface area contributed by atoms with Gasteiger partial charge in [-0.2, -0.15) is 0 Å². The zero-order chi connectivity index (χ0) is 12.1. The molecule has 0 saturated heterocycles. The molecule has 1 aromatic rings. The lowest BCUT2D eigenvalue weighted by Gasteiger charge is -1.98. The van der Waals surface area contributed by atoms with Gasteiger partial charge in [-0.25, -0.2) is 0 Å². The molecule has 1 aliphatic heterocycles. The zero-order valence-corrected chi connectivity index (χ0v) is 10.6. The topological polar surface area (TPSA) is 41.5 Å². The molecular formula is C12H11ClN2OS. The summed E-state index contributed by atoms with van der Waals surface area (Å²) in [7, 11) is 0. The SMILES string of the molecule is O=C(C=Cc1ccc(Cl)cc1)NC1=NCCS1. The molecule has 1 heterocycles. The number of rotatable bonds is 2. The number of nitrogens with zero attached hydrogens (tertiary/aromatic N) is 1. The number of nitrogens with one attached hydrogen (secondary N) is 1. The average molecular weight is 267 g/mol. The number of carbonyl (C=O) groups excluding carboxylic acids is 1. The van der Waals surface area contributed by atoms with E-state index in [2.05, 4.69) is 10.3 Å². The van der Waals surface area contributed by atoms with Gasteiger partial charge < -0.3 is 5.32 Å². The van der Waals surface area contributed by atoms with E-state index < -0.39 is 0 Å². The Morgan fingerprint density at radius 3 is 2.82 bits per heavy atom. The van der Waals surface area contributed by atoms with Crippen molar-refractivity contribution in [1.82, 2.24) is 5.32 Å². The standard InChI is InChI=1S/C12H11ClN2OS/c13-10-4-1-9(2-5-10)3-6-11(16)15-12-14-7-8-17-12/h1-6H,7-8H2,(H,14,15,16). The van der Waals surface area contributed by atoms with Crippen LogP contribution < -0.4 is 5.32 Å². The van der Waals surface area contributed by atoms with Crippen molar-refractivity contribution in [1.29, 1.82) is 0 Å². The summed E-state index contributed by atoms with van der Waals surface area (Å²) in [6, 6.07) is 7.29. The third kappa shape index (κ3) is 3.91. The van der Waals surface area contributed by atoms with Crippen molar-refractivity contribution in [2.45, 2.75) is 0 Å². The van der Waals surface area contributed by atoms with Crippen molar-refractivity contribution in [2.75, 3.05) is 12.3 Å². The molecule has 1 amide bonds. The Balaban J connectivity index is 1.91. The molecule has 0 aliphatic carbocycles. The maximum atomic E-state index is 11.5. The second kappa shape index (κ2) is 5.89. The highest BCUT2D eigenvalue weighted by atomic mass is 35.5. The van der Waals surface area contributed by atoms with Gasteiger partial charge >= 0.3 is 0 Å². The fourth-order valence-electron chi connectivity index (χ4n) is 1.30. The van der Waals surface area contributed by atoms with Gasteiger partial charge in [0.15, 0.2) is 5.17 Å². The lowest BCUT2D eigenvalue weighted by Crippen LogP contribution is -2.25. The Morgan fingerprint density at radius 2 is 2.18 bits per heavy atom. The van der Waals surface area contributed by atoms with Gasteiger partial charge in [-0.1, -0.05) is 35.5 Å². The predicted octanol–water partition coefficient (Wildman–Crippen LogP) is 2.57. The van der Waals surface area contributed by atoms with Crippen LogP contribution in [0.3, 0.4) is 0 Å². The minimum absolute atomic E-state index is 0.159. The largest absolute Gasteiger partial charge is 0.302 e. The van der Waals surface area contributed by atoms with Crippen LogP contribution in [0.25, 0.3) is 6.08 Å². The van der Waals surface area contributed by atoms with E-state index in [4.69, 9.17) is 11.6 Å². The number of hydrogen-bond acceptors (Lipinski definition) is 3. The first kappa shape index (κ1) is 12.2. The molecule has 88 valence electrons. The molecule has 17 heavy (non-hydrogen) atoms. The Bertz CT molecular complexity index is 468. The Kier molecular flexibility index (Phi) is 4.23. The van der Waals surface area contributed by atoms with Crippen LogP contribution in [0.15, 0.2) is 35.3 Å². The van der Waals surface area contributed by atoms with Crippen LogP contribution in [0.5, 0.6) is 0 Å². The minimum atomic E-state index is -0.159. The van der Waals surface area contributed by atoms with E-state index in [1.54, 1.807) is 30.0 Å². The highest BCUT2D eigenvalue weighted by molar-refractivity contribution is 8.14. The maximum Gasteiger partial charge on any atom is 0.249 e. The Hall–Kier alpha value is -1.26. The summed E-state index contributed by atoms with van der Waals surface area (Å²) in [6.07, 6.45) is 3.23. The first-order valence-corrected chi connectivity index (χ1v) is 6.52. The van der Waals surface area contributed by atoms with Crippen LogP contribution in [0, 0.1) is 0 Å². The molecular weight excluding hydrogens is 256 g/mol. The molecule has 0 unspecified atom stereocenters. The van der Waals surface area contributed by atoms with Crippen molar-refractivity contribution in [3.63, 3.8) is 0 Å². The van der Waals surface area contributed by atoms with Gasteiger partial charge in [0.25, 0.3) is 0 Å². The highest BCUT2D eigenvalue weighted by Gasteiger charge is 2.08. The number of benzene rings is 1. The highest BCUT2D eigenvalue weighted by Crippen LogP contribution is 2.11. The van der Waals surface area contributed by atoms with Crippen LogP contribution >= 0.6 is 23.4 Å². The third-order valence-corrected chi connectivity index (χ3v) is 3.26. The summed E-state index contributed by atoms with van der Waals surface area (Å²) >= 11 is 7.33. The van der Waals surface area contributed by atoms with Crippen molar-refractivity contribution < 1.29 is 4.79 Å².